The van der Waals surface area contributed by atoms with Crippen molar-refractivity contribution in [3.05, 3.63) is 222 Å². The van der Waals surface area contributed by atoms with Gasteiger partial charge in [-0.25, -0.2) is 0 Å². The molecule has 2 aliphatic rings. The summed E-state index contributed by atoms with van der Waals surface area (Å²) in [6.07, 6.45) is 0. The van der Waals surface area contributed by atoms with Gasteiger partial charge in [-0.2, -0.15) is 0 Å². The zero-order valence-corrected chi connectivity index (χ0v) is 27.9. The molecule has 0 fully saturated rings. The summed E-state index contributed by atoms with van der Waals surface area (Å²) < 4.78 is 6.78. The minimum Gasteiger partial charge on any atom is -0.457 e. The first-order valence-electron chi connectivity index (χ1n) is 17.5. The molecule has 240 valence electrons. The van der Waals surface area contributed by atoms with Crippen LogP contribution in [-0.2, 0) is 5.41 Å². The third kappa shape index (κ3) is 4.50. The van der Waals surface area contributed by atoms with Crippen molar-refractivity contribution in [3.63, 3.8) is 0 Å². The van der Waals surface area contributed by atoms with Crippen LogP contribution in [0, 0.1) is 0 Å². The van der Waals surface area contributed by atoms with Gasteiger partial charge in [-0.3, -0.25) is 0 Å². The normalized spacial score (nSPS) is 13.0. The Labute approximate surface area is 298 Å². The van der Waals surface area contributed by atoms with Crippen LogP contribution in [0.2, 0.25) is 0 Å². The Kier molecular flexibility index (Phi) is 6.75. The van der Waals surface area contributed by atoms with Crippen molar-refractivity contribution >= 4 is 17.1 Å². The lowest BCUT2D eigenvalue weighted by molar-refractivity contribution is 0.436. The molecule has 2 heteroatoms. The number of para-hydroxylation sites is 2. The van der Waals surface area contributed by atoms with Crippen LogP contribution in [0.1, 0.15) is 22.3 Å². The molecule has 1 aliphatic carbocycles. The Morgan fingerprint density at radius 1 is 0.333 bits per heavy atom. The number of fused-ring (bicyclic) bond motifs is 9. The average Bonchev–Trinajstić information content (AvgIpc) is 3.50. The molecule has 1 aliphatic heterocycles. The molecular formula is C49H33NO. The molecular weight excluding hydrogens is 619 g/mol. The largest absolute Gasteiger partial charge is 0.457 e. The van der Waals surface area contributed by atoms with E-state index in [1.54, 1.807) is 0 Å². The number of hydrogen-bond acceptors (Lipinski definition) is 2. The Balaban J connectivity index is 1.25. The number of ether oxygens (including phenoxy) is 1. The predicted octanol–water partition coefficient (Wildman–Crippen LogP) is 13.0. The second-order valence-electron chi connectivity index (χ2n) is 13.3. The smallest absolute Gasteiger partial charge is 0.132 e. The highest BCUT2D eigenvalue weighted by molar-refractivity contribution is 5.93. The van der Waals surface area contributed by atoms with Gasteiger partial charge in [0, 0.05) is 28.1 Å². The molecule has 10 rings (SSSR count). The van der Waals surface area contributed by atoms with E-state index in [0.717, 1.165) is 50.8 Å². The summed E-state index contributed by atoms with van der Waals surface area (Å²) in [4.78, 5) is 2.40. The topological polar surface area (TPSA) is 12.5 Å². The summed E-state index contributed by atoms with van der Waals surface area (Å²) in [6.45, 7) is 0. The number of nitrogens with zero attached hydrogens (tertiary/aromatic N) is 1. The predicted molar refractivity (Wildman–Crippen MR) is 209 cm³/mol. The van der Waals surface area contributed by atoms with E-state index < -0.39 is 5.41 Å². The Bertz CT molecular complexity index is 2510. The van der Waals surface area contributed by atoms with Crippen molar-refractivity contribution in [2.45, 2.75) is 5.41 Å². The fraction of sp³-hybridized carbons (Fsp3) is 0.0204. The Morgan fingerprint density at radius 2 is 0.882 bits per heavy atom. The first-order valence-corrected chi connectivity index (χ1v) is 17.5. The Hall–Kier alpha value is -6.64. The van der Waals surface area contributed by atoms with Gasteiger partial charge in [0.15, 0.2) is 0 Å². The molecule has 0 amide bonds. The summed E-state index contributed by atoms with van der Waals surface area (Å²) >= 11 is 0. The van der Waals surface area contributed by atoms with Crippen LogP contribution in [-0.4, -0.2) is 0 Å². The fourth-order valence-corrected chi connectivity index (χ4v) is 8.38. The van der Waals surface area contributed by atoms with Crippen LogP contribution in [0.15, 0.2) is 200 Å². The highest BCUT2D eigenvalue weighted by atomic mass is 16.5. The average molecular weight is 652 g/mol. The fourth-order valence-electron chi connectivity index (χ4n) is 8.38. The van der Waals surface area contributed by atoms with Crippen LogP contribution < -0.4 is 9.64 Å². The lowest BCUT2D eigenvalue weighted by Crippen LogP contribution is -2.32. The summed E-state index contributed by atoms with van der Waals surface area (Å²) in [6, 6.07) is 72.0. The van der Waals surface area contributed by atoms with Gasteiger partial charge in [-0.05, 0) is 87.5 Å². The molecule has 0 atom stereocenters. The molecule has 0 aromatic heterocycles. The van der Waals surface area contributed by atoms with Gasteiger partial charge in [-0.1, -0.05) is 152 Å². The third-order valence-corrected chi connectivity index (χ3v) is 10.5. The summed E-state index contributed by atoms with van der Waals surface area (Å²) in [7, 11) is 0. The SMILES string of the molecule is c1ccc(-c2ccc(N(c3ccccc3)c3ccc4c(c3)C3(c5ccccc5O4)c4ccccc4-c4ccccc43)c(-c3ccccc3)c2)cc1. The van der Waals surface area contributed by atoms with E-state index in [-0.39, 0.29) is 0 Å². The van der Waals surface area contributed by atoms with Crippen molar-refractivity contribution in [1.29, 1.82) is 0 Å². The van der Waals surface area contributed by atoms with Gasteiger partial charge in [0.1, 0.15) is 11.5 Å². The molecule has 0 unspecified atom stereocenters. The molecule has 51 heavy (non-hydrogen) atoms. The molecule has 0 N–H and O–H groups in total. The monoisotopic (exact) mass is 651 g/mol. The number of benzene rings is 8. The molecule has 1 spiro atoms. The zero-order chi connectivity index (χ0) is 33.8. The summed E-state index contributed by atoms with van der Waals surface area (Å²) in [5, 5.41) is 0. The van der Waals surface area contributed by atoms with E-state index in [1.807, 2.05) is 0 Å². The second kappa shape index (κ2) is 11.8. The van der Waals surface area contributed by atoms with Crippen LogP contribution in [0.25, 0.3) is 33.4 Å². The maximum atomic E-state index is 6.78. The minimum atomic E-state index is -0.546. The molecule has 8 aromatic carbocycles. The number of hydrogen-bond donors (Lipinski definition) is 0. The Morgan fingerprint density at radius 3 is 1.57 bits per heavy atom. The van der Waals surface area contributed by atoms with Crippen LogP contribution in [0.5, 0.6) is 11.5 Å². The molecule has 0 bridgehead atoms. The van der Waals surface area contributed by atoms with Crippen molar-refractivity contribution in [2.24, 2.45) is 0 Å². The lowest BCUT2D eigenvalue weighted by Gasteiger charge is -2.40. The standard InChI is InChI=1S/C49H33NO/c1-4-16-34(17-5-1)36-28-30-46(41(32-36)35-18-6-2-7-19-35)50(37-20-8-3-9-21-37)38-29-31-48-45(33-38)49(44-26-14-15-27-47(44)51-48)42-24-12-10-22-39(42)40-23-11-13-25-43(40)49/h1-33H. The minimum absolute atomic E-state index is 0.546. The van der Waals surface area contributed by atoms with Crippen molar-refractivity contribution in [2.75, 3.05) is 4.90 Å². The van der Waals surface area contributed by atoms with Crippen molar-refractivity contribution < 1.29 is 4.74 Å². The van der Waals surface area contributed by atoms with Crippen molar-refractivity contribution in [3.8, 4) is 44.9 Å². The van der Waals surface area contributed by atoms with Gasteiger partial charge >= 0.3 is 0 Å². The summed E-state index contributed by atoms with van der Waals surface area (Å²) in [5.41, 5.74) is 14.8. The van der Waals surface area contributed by atoms with E-state index in [0.29, 0.717) is 0 Å². The van der Waals surface area contributed by atoms with Crippen molar-refractivity contribution in [1.82, 2.24) is 0 Å². The summed E-state index contributed by atoms with van der Waals surface area (Å²) in [5.74, 6) is 1.77. The maximum absolute atomic E-state index is 6.78. The van der Waals surface area contributed by atoms with Crippen LogP contribution in [0.4, 0.5) is 17.1 Å². The van der Waals surface area contributed by atoms with Crippen LogP contribution in [0.3, 0.4) is 0 Å². The first kappa shape index (κ1) is 29.3. The molecule has 0 saturated heterocycles. The molecule has 0 radical (unpaired) electrons. The number of anilines is 3. The second-order valence-corrected chi connectivity index (χ2v) is 13.3. The van der Waals surface area contributed by atoms with E-state index >= 15 is 0 Å². The van der Waals surface area contributed by atoms with Gasteiger partial charge < -0.3 is 9.64 Å². The first-order chi connectivity index (χ1) is 25.3. The molecule has 0 saturated carbocycles. The van der Waals surface area contributed by atoms with E-state index in [1.165, 1.54) is 33.4 Å². The highest BCUT2D eigenvalue weighted by Crippen LogP contribution is 2.62. The van der Waals surface area contributed by atoms with Crippen LogP contribution >= 0.6 is 0 Å². The molecule has 1 heterocycles. The number of rotatable bonds is 5. The van der Waals surface area contributed by atoms with Gasteiger partial charge in [0.05, 0.1) is 11.1 Å². The maximum Gasteiger partial charge on any atom is 0.132 e. The molecule has 2 nitrogen and oxygen atoms in total. The van der Waals surface area contributed by atoms with E-state index in [4.69, 9.17) is 4.74 Å². The lowest BCUT2D eigenvalue weighted by atomic mass is 9.66. The van der Waals surface area contributed by atoms with E-state index in [2.05, 4.69) is 205 Å². The zero-order valence-electron chi connectivity index (χ0n) is 27.9. The third-order valence-electron chi connectivity index (χ3n) is 10.5. The van der Waals surface area contributed by atoms with Gasteiger partial charge in [0.2, 0.25) is 0 Å². The highest BCUT2D eigenvalue weighted by Gasteiger charge is 2.51. The van der Waals surface area contributed by atoms with Gasteiger partial charge in [0.25, 0.3) is 0 Å². The van der Waals surface area contributed by atoms with Gasteiger partial charge in [-0.15, -0.1) is 0 Å². The molecule has 8 aromatic rings. The van der Waals surface area contributed by atoms with E-state index in [9.17, 15) is 0 Å². The quantitative estimate of drug-likeness (QED) is 0.184.